The number of carboxylic acid groups (broad SMARTS) is 1. The summed E-state index contributed by atoms with van der Waals surface area (Å²) in [5.41, 5.74) is 3.63. The van der Waals surface area contributed by atoms with E-state index in [1.54, 1.807) is 0 Å². The minimum Gasteiger partial charge on any atom is -0.478 e. The topological polar surface area (TPSA) is 63.1 Å². The van der Waals surface area contributed by atoms with Crippen molar-refractivity contribution in [2.75, 3.05) is 0 Å². The third kappa shape index (κ3) is 2.62. The summed E-state index contributed by atoms with van der Waals surface area (Å²) in [5.74, 6) is -0.626. The fourth-order valence-electron chi connectivity index (χ4n) is 1.95. The SMILES string of the molecule is Cc1ccc(C(C)C)cc1-c1ncncc1C(=O)O. The largest absolute Gasteiger partial charge is 0.478 e. The summed E-state index contributed by atoms with van der Waals surface area (Å²) in [6.07, 6.45) is 2.72. The van der Waals surface area contributed by atoms with Gasteiger partial charge in [0, 0.05) is 11.8 Å². The Bertz CT molecular complexity index is 621. The molecule has 1 heterocycles. The summed E-state index contributed by atoms with van der Waals surface area (Å²) in [6, 6.07) is 6.07. The van der Waals surface area contributed by atoms with E-state index in [1.807, 2.05) is 19.1 Å². The van der Waals surface area contributed by atoms with Gasteiger partial charge in [-0.2, -0.15) is 0 Å². The van der Waals surface area contributed by atoms with Crippen molar-refractivity contribution in [3.8, 4) is 11.3 Å². The van der Waals surface area contributed by atoms with Crippen molar-refractivity contribution in [2.24, 2.45) is 0 Å². The second-order valence-electron chi connectivity index (χ2n) is 4.82. The fourth-order valence-corrected chi connectivity index (χ4v) is 1.95. The van der Waals surface area contributed by atoms with Crippen molar-refractivity contribution in [2.45, 2.75) is 26.7 Å². The number of aromatic carboxylic acids is 1. The lowest BCUT2D eigenvalue weighted by Gasteiger charge is -2.12. The highest BCUT2D eigenvalue weighted by atomic mass is 16.4. The van der Waals surface area contributed by atoms with Crippen molar-refractivity contribution >= 4 is 5.97 Å². The van der Waals surface area contributed by atoms with E-state index in [-0.39, 0.29) is 5.56 Å². The van der Waals surface area contributed by atoms with Gasteiger partial charge in [0.2, 0.25) is 0 Å². The molecule has 0 radical (unpaired) electrons. The van der Waals surface area contributed by atoms with Gasteiger partial charge in [-0.1, -0.05) is 26.0 Å². The highest BCUT2D eigenvalue weighted by Gasteiger charge is 2.15. The second kappa shape index (κ2) is 5.18. The zero-order valence-corrected chi connectivity index (χ0v) is 11.2. The van der Waals surface area contributed by atoms with Crippen LogP contribution in [0, 0.1) is 6.92 Å². The molecule has 0 aliphatic heterocycles. The van der Waals surface area contributed by atoms with Crippen molar-refractivity contribution in [3.63, 3.8) is 0 Å². The van der Waals surface area contributed by atoms with E-state index in [4.69, 9.17) is 0 Å². The monoisotopic (exact) mass is 256 g/mol. The van der Waals surface area contributed by atoms with Crippen LogP contribution in [0.4, 0.5) is 0 Å². The van der Waals surface area contributed by atoms with Crippen LogP contribution in [0.2, 0.25) is 0 Å². The van der Waals surface area contributed by atoms with E-state index in [2.05, 4.69) is 29.9 Å². The van der Waals surface area contributed by atoms with Gasteiger partial charge >= 0.3 is 5.97 Å². The lowest BCUT2D eigenvalue weighted by Crippen LogP contribution is -2.03. The molecule has 0 aliphatic rings. The average Bonchev–Trinajstić information content (AvgIpc) is 2.39. The smallest absolute Gasteiger partial charge is 0.339 e. The van der Waals surface area contributed by atoms with Gasteiger partial charge in [0.15, 0.2) is 0 Å². The molecule has 4 heteroatoms. The predicted molar refractivity (Wildman–Crippen MR) is 73.3 cm³/mol. The molecule has 0 saturated heterocycles. The van der Waals surface area contributed by atoms with Crippen LogP contribution in [0.1, 0.15) is 41.3 Å². The number of hydrogen-bond acceptors (Lipinski definition) is 3. The fraction of sp³-hybridized carbons (Fsp3) is 0.267. The van der Waals surface area contributed by atoms with Gasteiger partial charge in [0.1, 0.15) is 11.9 Å². The van der Waals surface area contributed by atoms with E-state index < -0.39 is 5.97 Å². The number of benzene rings is 1. The molecule has 2 aromatic rings. The highest BCUT2D eigenvalue weighted by molar-refractivity contribution is 5.94. The maximum Gasteiger partial charge on any atom is 0.339 e. The predicted octanol–water partition coefficient (Wildman–Crippen LogP) is 3.27. The Morgan fingerprint density at radius 2 is 2.05 bits per heavy atom. The number of aryl methyl sites for hydroxylation is 1. The van der Waals surface area contributed by atoms with Crippen molar-refractivity contribution in [3.05, 3.63) is 47.4 Å². The van der Waals surface area contributed by atoms with Gasteiger partial charge in [0.05, 0.1) is 5.69 Å². The Kier molecular flexibility index (Phi) is 3.60. The van der Waals surface area contributed by atoms with Crippen LogP contribution in [-0.2, 0) is 0 Å². The van der Waals surface area contributed by atoms with Gasteiger partial charge in [-0.05, 0) is 30.0 Å². The molecule has 0 amide bonds. The first-order valence-corrected chi connectivity index (χ1v) is 6.15. The van der Waals surface area contributed by atoms with Gasteiger partial charge < -0.3 is 5.11 Å². The molecule has 1 aromatic heterocycles. The number of aromatic nitrogens is 2. The van der Waals surface area contributed by atoms with Crippen LogP contribution < -0.4 is 0 Å². The molecular weight excluding hydrogens is 240 g/mol. The maximum atomic E-state index is 11.2. The molecule has 0 saturated carbocycles. The van der Waals surface area contributed by atoms with Gasteiger partial charge in [-0.3, -0.25) is 0 Å². The Morgan fingerprint density at radius 3 is 2.68 bits per heavy atom. The molecule has 0 spiro atoms. The summed E-state index contributed by atoms with van der Waals surface area (Å²) in [4.78, 5) is 19.2. The quantitative estimate of drug-likeness (QED) is 0.915. The molecule has 4 nitrogen and oxygen atoms in total. The Hall–Kier alpha value is -2.23. The standard InChI is InChI=1S/C15H16N2O2/c1-9(2)11-5-4-10(3)12(6-11)14-13(15(18)19)7-16-8-17-14/h4-9H,1-3H3,(H,18,19). The Balaban J connectivity index is 2.65. The molecular formula is C15H16N2O2. The van der Waals surface area contributed by atoms with Crippen LogP contribution in [0.25, 0.3) is 11.3 Å². The number of rotatable bonds is 3. The Morgan fingerprint density at radius 1 is 1.32 bits per heavy atom. The lowest BCUT2D eigenvalue weighted by molar-refractivity contribution is 0.0697. The van der Waals surface area contributed by atoms with E-state index in [1.165, 1.54) is 12.5 Å². The molecule has 0 bridgehead atoms. The third-order valence-electron chi connectivity index (χ3n) is 3.13. The third-order valence-corrected chi connectivity index (χ3v) is 3.13. The van der Waals surface area contributed by atoms with Crippen molar-refractivity contribution in [1.29, 1.82) is 0 Å². The zero-order chi connectivity index (χ0) is 14.0. The van der Waals surface area contributed by atoms with Gasteiger partial charge in [0.25, 0.3) is 0 Å². The molecule has 0 aliphatic carbocycles. The summed E-state index contributed by atoms with van der Waals surface area (Å²) >= 11 is 0. The normalized spacial score (nSPS) is 10.7. The van der Waals surface area contributed by atoms with E-state index in [9.17, 15) is 9.90 Å². The van der Waals surface area contributed by atoms with Crippen molar-refractivity contribution < 1.29 is 9.90 Å². The lowest BCUT2D eigenvalue weighted by atomic mass is 9.95. The van der Waals surface area contributed by atoms with Gasteiger partial charge in [-0.25, -0.2) is 14.8 Å². The second-order valence-corrected chi connectivity index (χ2v) is 4.82. The van der Waals surface area contributed by atoms with E-state index in [0.717, 1.165) is 16.7 Å². The Labute approximate surface area is 112 Å². The zero-order valence-electron chi connectivity index (χ0n) is 11.2. The number of carbonyl (C=O) groups is 1. The summed E-state index contributed by atoms with van der Waals surface area (Å²) in [6.45, 7) is 6.16. The van der Waals surface area contributed by atoms with Crippen molar-refractivity contribution in [1.82, 2.24) is 9.97 Å². The van der Waals surface area contributed by atoms with Crippen LogP contribution in [0.5, 0.6) is 0 Å². The minimum absolute atomic E-state index is 0.131. The molecule has 2 rings (SSSR count). The maximum absolute atomic E-state index is 11.2. The first-order valence-electron chi connectivity index (χ1n) is 6.15. The molecule has 98 valence electrons. The van der Waals surface area contributed by atoms with Crippen LogP contribution >= 0.6 is 0 Å². The number of nitrogens with zero attached hydrogens (tertiary/aromatic N) is 2. The first kappa shape index (κ1) is 13.2. The molecule has 19 heavy (non-hydrogen) atoms. The van der Waals surface area contributed by atoms with Crippen LogP contribution in [-0.4, -0.2) is 21.0 Å². The highest BCUT2D eigenvalue weighted by Crippen LogP contribution is 2.28. The van der Waals surface area contributed by atoms with E-state index >= 15 is 0 Å². The summed E-state index contributed by atoms with van der Waals surface area (Å²) in [7, 11) is 0. The summed E-state index contributed by atoms with van der Waals surface area (Å²) in [5, 5.41) is 9.22. The molecule has 1 aromatic carbocycles. The molecule has 0 fully saturated rings. The van der Waals surface area contributed by atoms with Crippen LogP contribution in [0.3, 0.4) is 0 Å². The molecule has 1 N–H and O–H groups in total. The minimum atomic E-state index is -1.01. The first-order chi connectivity index (χ1) is 9.00. The average molecular weight is 256 g/mol. The van der Waals surface area contributed by atoms with Gasteiger partial charge in [-0.15, -0.1) is 0 Å². The van der Waals surface area contributed by atoms with E-state index in [0.29, 0.717) is 11.6 Å². The van der Waals surface area contributed by atoms with Crippen LogP contribution in [0.15, 0.2) is 30.7 Å². The number of hydrogen-bond donors (Lipinski definition) is 1. The summed E-state index contributed by atoms with van der Waals surface area (Å²) < 4.78 is 0. The number of carboxylic acids is 1. The molecule has 0 unspecified atom stereocenters. The molecule has 0 atom stereocenters.